The number of ketones is 2. The van der Waals surface area contributed by atoms with E-state index in [-0.39, 0.29) is 69.7 Å². The minimum absolute atomic E-state index is 0.0738. The quantitative estimate of drug-likeness (QED) is 0.0912. The summed E-state index contributed by atoms with van der Waals surface area (Å²) in [6, 6.07) is 49.5. The molecule has 8 rings (SSSR count). The van der Waals surface area contributed by atoms with E-state index in [1.54, 1.807) is 24.3 Å². The van der Waals surface area contributed by atoms with Crippen LogP contribution in [0.15, 0.2) is 164 Å². The van der Waals surface area contributed by atoms with Crippen LogP contribution < -0.4 is 20.7 Å². The fourth-order valence-electron chi connectivity index (χ4n) is 8.33. The average Bonchev–Trinajstić information content (AvgIpc) is 3.35. The molecule has 11 nitrogen and oxygen atoms in total. The van der Waals surface area contributed by atoms with Crippen molar-refractivity contribution < 1.29 is 38.6 Å². The lowest BCUT2D eigenvalue weighted by molar-refractivity contribution is -0.137. The number of fused-ring (bicyclic) bond motifs is 16. The summed E-state index contributed by atoms with van der Waals surface area (Å²) in [6.07, 6.45) is 0.331. The molecule has 0 spiro atoms. The van der Waals surface area contributed by atoms with Gasteiger partial charge in [0.05, 0.1) is 12.5 Å². The van der Waals surface area contributed by atoms with Gasteiger partial charge in [-0.1, -0.05) is 152 Å². The van der Waals surface area contributed by atoms with E-state index in [9.17, 15) is 33.9 Å². The average molecular weight is 898 g/mol. The molecule has 2 aliphatic heterocycles. The molecule has 0 saturated heterocycles. The summed E-state index contributed by atoms with van der Waals surface area (Å²) in [5.74, 6) is -4.76. The number of nitrogens with one attached hydrogen (secondary N) is 3. The molecule has 0 unspecified atom stereocenters. The number of carbonyl (C=O) groups is 6. The fourth-order valence-corrected chi connectivity index (χ4v) is 8.33. The van der Waals surface area contributed by atoms with Crippen LogP contribution in [0.25, 0.3) is 22.3 Å². The van der Waals surface area contributed by atoms with Crippen molar-refractivity contribution in [3.8, 4) is 28.0 Å². The third kappa shape index (κ3) is 14.2. The molecule has 0 aromatic heterocycles. The van der Waals surface area contributed by atoms with Crippen molar-refractivity contribution in [3.05, 3.63) is 186 Å². The van der Waals surface area contributed by atoms with Crippen LogP contribution in [0.4, 0.5) is 0 Å². The standard InChI is InChI=1S/C56H55N3O8/c60-48-35-46(32-39-16-23-44(24-17-39)42-12-6-2-7-13-42)55(65)59-51(34-41-18-25-45(26-19-41)43-14-8-3-9-15-43)56(66)58-50(29-22-38-10-4-1-5-11-38)52(61)36-47(54(64)57-31-30-53(62)63)33-40-20-27-49(28-21-40)67-37-48/h1-21,23-28,46-47,50-51H,22,29-37H2,(H,57,64)(H,58,66)(H,59,65)(H,62,63)/t46-,47-,50+,51-/m1/s1. The van der Waals surface area contributed by atoms with Gasteiger partial charge in [0.1, 0.15) is 18.4 Å². The van der Waals surface area contributed by atoms with Crippen LogP contribution in [0.1, 0.15) is 47.9 Å². The van der Waals surface area contributed by atoms with Crippen molar-refractivity contribution in [1.82, 2.24) is 16.0 Å². The van der Waals surface area contributed by atoms with Gasteiger partial charge in [-0.3, -0.25) is 28.8 Å². The Morgan fingerprint density at radius 2 is 1.10 bits per heavy atom. The number of ether oxygens (including phenoxy) is 1. The zero-order chi connectivity index (χ0) is 47.0. The molecule has 0 aliphatic carbocycles. The molecule has 2 bridgehead atoms. The second-order valence-electron chi connectivity index (χ2n) is 17.1. The first-order valence-corrected chi connectivity index (χ1v) is 22.8. The van der Waals surface area contributed by atoms with Gasteiger partial charge in [0.15, 0.2) is 11.6 Å². The lowest BCUT2D eigenvalue weighted by Crippen LogP contribution is -2.54. The van der Waals surface area contributed by atoms with Gasteiger partial charge in [0, 0.05) is 37.6 Å². The molecular formula is C56H55N3O8. The van der Waals surface area contributed by atoms with Crippen molar-refractivity contribution in [2.45, 2.75) is 63.5 Å². The van der Waals surface area contributed by atoms with E-state index in [1.807, 2.05) is 140 Å². The van der Waals surface area contributed by atoms with Crippen LogP contribution in [0.3, 0.4) is 0 Å². The Morgan fingerprint density at radius 1 is 0.567 bits per heavy atom. The summed E-state index contributed by atoms with van der Waals surface area (Å²) in [5, 5.41) is 17.9. The van der Waals surface area contributed by atoms with Crippen molar-refractivity contribution in [2.75, 3.05) is 13.2 Å². The Labute approximate surface area is 391 Å². The molecule has 11 heteroatoms. The van der Waals surface area contributed by atoms with Crippen LogP contribution in [-0.2, 0) is 54.5 Å². The lowest BCUT2D eigenvalue weighted by Gasteiger charge is -2.26. The first-order chi connectivity index (χ1) is 32.6. The number of hydrogen-bond acceptors (Lipinski definition) is 7. The zero-order valence-corrected chi connectivity index (χ0v) is 37.3. The lowest BCUT2D eigenvalue weighted by atomic mass is 9.89. The summed E-state index contributed by atoms with van der Waals surface area (Å²) >= 11 is 0. The van der Waals surface area contributed by atoms with Gasteiger partial charge in [-0.15, -0.1) is 0 Å². The van der Waals surface area contributed by atoms with E-state index in [1.165, 1.54) is 0 Å². The molecule has 0 fully saturated rings. The largest absolute Gasteiger partial charge is 0.486 e. The Hall–Kier alpha value is -7.66. The smallest absolute Gasteiger partial charge is 0.305 e. The van der Waals surface area contributed by atoms with Gasteiger partial charge >= 0.3 is 5.97 Å². The van der Waals surface area contributed by atoms with Crippen molar-refractivity contribution in [2.24, 2.45) is 11.8 Å². The van der Waals surface area contributed by atoms with Crippen LogP contribution in [-0.4, -0.2) is 65.6 Å². The van der Waals surface area contributed by atoms with E-state index in [2.05, 4.69) is 16.0 Å². The predicted octanol–water partition coefficient (Wildman–Crippen LogP) is 7.79. The molecule has 0 radical (unpaired) electrons. The molecule has 6 aromatic rings. The second kappa shape index (κ2) is 23.5. The number of carbonyl (C=O) groups excluding carboxylic acids is 5. The maximum Gasteiger partial charge on any atom is 0.305 e. The molecule has 3 amide bonds. The molecule has 0 saturated carbocycles. The highest BCUT2D eigenvalue weighted by atomic mass is 16.5. The van der Waals surface area contributed by atoms with E-state index in [4.69, 9.17) is 4.74 Å². The molecule has 4 atom stereocenters. The Bertz CT molecular complexity index is 2600. The molecule has 4 N–H and O–H groups in total. The first kappa shape index (κ1) is 47.3. The van der Waals surface area contributed by atoms with Gasteiger partial charge in [-0.25, -0.2) is 0 Å². The summed E-state index contributed by atoms with van der Waals surface area (Å²) < 4.78 is 5.90. The number of carboxylic acid groups (broad SMARTS) is 1. The predicted molar refractivity (Wildman–Crippen MR) is 257 cm³/mol. The Balaban J connectivity index is 1.22. The Kier molecular flexibility index (Phi) is 16.6. The third-order valence-corrected chi connectivity index (χ3v) is 12.1. The third-order valence-electron chi connectivity index (χ3n) is 12.1. The number of carboxylic acids is 1. The number of Topliss-reactive ketones (excluding diaryl/α,β-unsaturated/α-hetero) is 2. The highest BCUT2D eigenvalue weighted by Gasteiger charge is 2.33. The van der Waals surface area contributed by atoms with E-state index in [0.717, 1.165) is 38.9 Å². The summed E-state index contributed by atoms with van der Waals surface area (Å²) in [6.45, 7) is -0.429. The van der Waals surface area contributed by atoms with Crippen LogP contribution >= 0.6 is 0 Å². The topological polar surface area (TPSA) is 168 Å². The van der Waals surface area contributed by atoms with Gasteiger partial charge < -0.3 is 25.8 Å². The molecule has 342 valence electrons. The second-order valence-corrected chi connectivity index (χ2v) is 17.1. The fraction of sp³-hybridized carbons (Fsp3) is 0.250. The molecular weight excluding hydrogens is 843 g/mol. The number of hydrogen-bond donors (Lipinski definition) is 4. The van der Waals surface area contributed by atoms with Crippen molar-refractivity contribution in [1.29, 1.82) is 0 Å². The maximum atomic E-state index is 14.8. The highest BCUT2D eigenvalue weighted by molar-refractivity contribution is 5.96. The van der Waals surface area contributed by atoms with E-state index < -0.39 is 47.6 Å². The van der Waals surface area contributed by atoms with E-state index in [0.29, 0.717) is 17.7 Å². The monoisotopic (exact) mass is 897 g/mol. The number of aliphatic carboxylic acids is 1. The van der Waals surface area contributed by atoms with Gasteiger partial charge in [0.2, 0.25) is 17.7 Å². The highest BCUT2D eigenvalue weighted by Crippen LogP contribution is 2.25. The molecule has 2 aliphatic rings. The molecule has 67 heavy (non-hydrogen) atoms. The number of benzene rings is 6. The summed E-state index contributed by atoms with van der Waals surface area (Å²) in [7, 11) is 0. The van der Waals surface area contributed by atoms with Crippen molar-refractivity contribution in [3.63, 3.8) is 0 Å². The van der Waals surface area contributed by atoms with Gasteiger partial charge in [-0.2, -0.15) is 0 Å². The van der Waals surface area contributed by atoms with Crippen LogP contribution in [0.2, 0.25) is 0 Å². The summed E-state index contributed by atoms with van der Waals surface area (Å²) in [5.41, 5.74) is 7.27. The van der Waals surface area contributed by atoms with Crippen LogP contribution in [0, 0.1) is 11.8 Å². The SMILES string of the molecule is O=C(O)CCNC(=O)[C@H]1CC(=O)[C@H](CCc2ccccc2)NC(=O)[C@@H](Cc2ccc(-c3ccccc3)cc2)NC(=O)[C@H](Cc2ccc(-c3ccccc3)cc2)CC(=O)COc2ccc(cc2)C1. The summed E-state index contributed by atoms with van der Waals surface area (Å²) in [4.78, 5) is 82.6. The van der Waals surface area contributed by atoms with E-state index >= 15 is 0 Å². The Morgan fingerprint density at radius 3 is 1.69 bits per heavy atom. The van der Waals surface area contributed by atoms with Crippen LogP contribution in [0.5, 0.6) is 5.75 Å². The van der Waals surface area contributed by atoms with Gasteiger partial charge in [-0.05, 0) is 82.3 Å². The minimum Gasteiger partial charge on any atom is -0.486 e. The number of amides is 3. The van der Waals surface area contributed by atoms with Crippen molar-refractivity contribution >= 4 is 35.3 Å². The maximum absolute atomic E-state index is 14.8. The molecule has 2 heterocycles. The number of aryl methyl sites for hydroxylation is 1. The molecule has 6 aromatic carbocycles. The number of rotatable bonds is 13. The first-order valence-electron chi connectivity index (χ1n) is 22.8. The zero-order valence-electron chi connectivity index (χ0n) is 37.3. The minimum atomic E-state index is -1.16. The normalized spacial score (nSPS) is 18.3. The van der Waals surface area contributed by atoms with Gasteiger partial charge in [0.25, 0.3) is 0 Å².